The van der Waals surface area contributed by atoms with Gasteiger partial charge in [-0.1, -0.05) is 13.8 Å². The first kappa shape index (κ1) is 30.8. The van der Waals surface area contributed by atoms with E-state index >= 15 is 0 Å². The van der Waals surface area contributed by atoms with Gasteiger partial charge in [0.05, 0.1) is 19.6 Å². The number of hydrogen-bond acceptors (Lipinski definition) is 7. The Morgan fingerprint density at radius 3 is 2.08 bits per heavy atom. The van der Waals surface area contributed by atoms with Gasteiger partial charge in [0, 0.05) is 13.0 Å². The molecule has 3 N–H and O–H groups in total. The quantitative estimate of drug-likeness (QED) is 0.328. The number of ketones is 1. The van der Waals surface area contributed by atoms with Crippen LogP contribution < -0.4 is 16.0 Å². The Morgan fingerprint density at radius 2 is 1.56 bits per heavy atom. The van der Waals surface area contributed by atoms with Gasteiger partial charge in [0.1, 0.15) is 18.1 Å². The number of methoxy groups -OCH3 is 1. The first-order chi connectivity index (χ1) is 16.6. The highest BCUT2D eigenvalue weighted by Crippen LogP contribution is 2.23. The molecule has 4 amide bonds. The van der Waals surface area contributed by atoms with Gasteiger partial charge < -0.3 is 25.6 Å². The molecule has 0 bridgehead atoms. The summed E-state index contributed by atoms with van der Waals surface area (Å²) in [5.41, 5.74) is 0. The van der Waals surface area contributed by atoms with Crippen LogP contribution >= 0.6 is 0 Å². The Kier molecular flexibility index (Phi) is 11.3. The molecule has 36 heavy (non-hydrogen) atoms. The van der Waals surface area contributed by atoms with Crippen molar-refractivity contribution in [1.82, 2.24) is 20.9 Å². The van der Waals surface area contributed by atoms with E-state index in [-0.39, 0.29) is 25.8 Å². The van der Waals surface area contributed by atoms with E-state index < -0.39 is 71.6 Å². The van der Waals surface area contributed by atoms with Gasteiger partial charge in [-0.2, -0.15) is 13.2 Å². The summed E-state index contributed by atoms with van der Waals surface area (Å²) in [6.45, 7) is 5.59. The van der Waals surface area contributed by atoms with Gasteiger partial charge in [-0.3, -0.25) is 28.8 Å². The highest BCUT2D eigenvalue weighted by atomic mass is 19.4. The maximum Gasteiger partial charge on any atom is 0.452 e. The van der Waals surface area contributed by atoms with Crippen LogP contribution in [0.4, 0.5) is 13.2 Å². The van der Waals surface area contributed by atoms with Gasteiger partial charge in [-0.25, -0.2) is 0 Å². The van der Waals surface area contributed by atoms with Crippen LogP contribution in [0.15, 0.2) is 0 Å². The molecule has 11 nitrogen and oxygen atoms in total. The zero-order chi connectivity index (χ0) is 27.8. The number of halogens is 3. The lowest BCUT2D eigenvalue weighted by atomic mass is 9.98. The largest absolute Gasteiger partial charge is 0.469 e. The van der Waals surface area contributed by atoms with Crippen molar-refractivity contribution in [2.45, 2.75) is 83.7 Å². The van der Waals surface area contributed by atoms with Gasteiger partial charge >= 0.3 is 12.1 Å². The summed E-state index contributed by atoms with van der Waals surface area (Å²) in [6, 6.07) is -5.05. The molecule has 14 heteroatoms. The van der Waals surface area contributed by atoms with Crippen LogP contribution in [0, 0.1) is 5.92 Å². The fourth-order valence-corrected chi connectivity index (χ4v) is 3.61. The third-order valence-electron chi connectivity index (χ3n) is 5.65. The zero-order valence-electron chi connectivity index (χ0n) is 20.9. The number of Topliss-reactive ketones (excluding diaryl/α,β-unsaturated/α-hetero) is 1. The highest BCUT2D eigenvalue weighted by Gasteiger charge is 2.46. The van der Waals surface area contributed by atoms with E-state index in [9.17, 15) is 41.9 Å². The molecule has 1 aliphatic heterocycles. The lowest BCUT2D eigenvalue weighted by Crippen LogP contribution is -2.57. The van der Waals surface area contributed by atoms with Crippen molar-refractivity contribution in [2.75, 3.05) is 13.7 Å². The summed E-state index contributed by atoms with van der Waals surface area (Å²) in [5.74, 6) is -6.31. The minimum Gasteiger partial charge on any atom is -0.469 e. The fourth-order valence-electron chi connectivity index (χ4n) is 3.61. The number of esters is 1. The van der Waals surface area contributed by atoms with E-state index in [2.05, 4.69) is 20.7 Å². The smallest absolute Gasteiger partial charge is 0.452 e. The van der Waals surface area contributed by atoms with Crippen LogP contribution in [-0.2, 0) is 33.5 Å². The Labute approximate surface area is 206 Å². The van der Waals surface area contributed by atoms with Crippen LogP contribution in [0.3, 0.4) is 0 Å². The number of carbonyl (C=O) groups excluding carboxylic acids is 6. The summed E-state index contributed by atoms with van der Waals surface area (Å²) in [5, 5.41) is 6.93. The molecule has 204 valence electrons. The molecule has 1 rings (SSSR count). The third kappa shape index (κ3) is 8.79. The van der Waals surface area contributed by atoms with Gasteiger partial charge in [0.2, 0.25) is 23.6 Å². The van der Waals surface area contributed by atoms with Crippen molar-refractivity contribution in [3.8, 4) is 0 Å². The molecule has 0 unspecified atom stereocenters. The summed E-state index contributed by atoms with van der Waals surface area (Å²) >= 11 is 0. The molecule has 1 heterocycles. The number of hydrogen-bond donors (Lipinski definition) is 3. The number of nitrogens with zero attached hydrogens (tertiary/aromatic N) is 1. The molecule has 1 fully saturated rings. The van der Waals surface area contributed by atoms with Crippen molar-refractivity contribution < 1.29 is 46.7 Å². The molecule has 0 aromatic rings. The average Bonchev–Trinajstić information content (AvgIpc) is 3.28. The van der Waals surface area contributed by atoms with Crippen LogP contribution in [-0.4, -0.2) is 84.3 Å². The van der Waals surface area contributed by atoms with E-state index in [1.54, 1.807) is 0 Å². The molecule has 0 radical (unpaired) electrons. The minimum absolute atomic E-state index is 0.135. The van der Waals surface area contributed by atoms with Crippen LogP contribution in [0.25, 0.3) is 0 Å². The number of carbonyl (C=O) groups is 6. The van der Waals surface area contributed by atoms with E-state index in [1.807, 2.05) is 0 Å². The van der Waals surface area contributed by atoms with Crippen molar-refractivity contribution in [3.05, 3.63) is 0 Å². The van der Waals surface area contributed by atoms with Crippen LogP contribution in [0.1, 0.15) is 53.4 Å². The van der Waals surface area contributed by atoms with E-state index in [1.165, 1.54) is 34.8 Å². The second-order valence-electron chi connectivity index (χ2n) is 8.88. The first-order valence-corrected chi connectivity index (χ1v) is 11.5. The van der Waals surface area contributed by atoms with E-state index in [0.717, 1.165) is 4.90 Å². The topological polar surface area (TPSA) is 151 Å². The first-order valence-electron chi connectivity index (χ1n) is 11.5. The lowest BCUT2D eigenvalue weighted by Gasteiger charge is -2.30. The maximum absolute atomic E-state index is 12.9. The maximum atomic E-state index is 12.9. The normalized spacial score (nSPS) is 18.1. The predicted octanol–water partition coefficient (Wildman–Crippen LogP) is 0.212. The lowest BCUT2D eigenvalue weighted by molar-refractivity contribution is -0.175. The summed E-state index contributed by atoms with van der Waals surface area (Å²) in [7, 11) is 1.17. The molecular weight excluding hydrogens is 489 g/mol. The van der Waals surface area contributed by atoms with Crippen LogP contribution in [0.5, 0.6) is 0 Å². The number of likely N-dealkylation sites (tertiary alicyclic amines) is 1. The highest BCUT2D eigenvalue weighted by molar-refractivity contribution is 5.97. The van der Waals surface area contributed by atoms with E-state index in [4.69, 9.17) is 0 Å². The fraction of sp³-hybridized carbons (Fsp3) is 0.727. The van der Waals surface area contributed by atoms with Gasteiger partial charge in [0.15, 0.2) is 0 Å². The standard InChI is InChI=1S/C22H33F3N4O7/c1-11(2)17(18(32)22(23,24)25)28-20(34)14-7-6-10-29(14)21(35)13(4)27-19(33)12(3)26-15(30)8-9-16(31)36-5/h11-14,17H,6-10H2,1-5H3,(H,26,30)(H,27,33)(H,28,34)/t12-,13-,14-,17-/m0/s1. The Hall–Kier alpha value is -3.19. The average molecular weight is 523 g/mol. The van der Waals surface area contributed by atoms with Crippen molar-refractivity contribution >= 4 is 35.4 Å². The summed E-state index contributed by atoms with van der Waals surface area (Å²) < 4.78 is 43.1. The minimum atomic E-state index is -5.13. The Bertz CT molecular complexity index is 863. The molecule has 4 atom stereocenters. The monoisotopic (exact) mass is 522 g/mol. The number of rotatable bonds is 11. The second-order valence-corrected chi connectivity index (χ2v) is 8.88. The number of nitrogens with one attached hydrogen (secondary N) is 3. The number of alkyl halides is 3. The molecule has 0 aliphatic carbocycles. The molecule has 0 spiro atoms. The molecule has 1 saturated heterocycles. The summed E-state index contributed by atoms with van der Waals surface area (Å²) in [6.07, 6.45) is -4.92. The third-order valence-corrected chi connectivity index (χ3v) is 5.65. The van der Waals surface area contributed by atoms with Gasteiger partial charge in [-0.15, -0.1) is 0 Å². The molecular formula is C22H33F3N4O7. The number of amides is 4. The predicted molar refractivity (Wildman–Crippen MR) is 119 cm³/mol. The van der Waals surface area contributed by atoms with Gasteiger partial charge in [-0.05, 0) is 32.6 Å². The van der Waals surface area contributed by atoms with Crippen molar-refractivity contribution in [2.24, 2.45) is 5.92 Å². The van der Waals surface area contributed by atoms with Gasteiger partial charge in [0.25, 0.3) is 5.78 Å². The van der Waals surface area contributed by atoms with Crippen molar-refractivity contribution in [3.63, 3.8) is 0 Å². The zero-order valence-corrected chi connectivity index (χ0v) is 20.9. The van der Waals surface area contributed by atoms with Crippen molar-refractivity contribution in [1.29, 1.82) is 0 Å². The van der Waals surface area contributed by atoms with E-state index in [0.29, 0.717) is 6.42 Å². The summed E-state index contributed by atoms with van der Waals surface area (Å²) in [4.78, 5) is 73.8. The molecule has 0 saturated carbocycles. The number of ether oxygens (including phenoxy) is 1. The second kappa shape index (κ2) is 13.2. The Morgan fingerprint density at radius 1 is 0.944 bits per heavy atom. The molecule has 1 aliphatic rings. The SMILES string of the molecule is COC(=O)CCC(=O)N[C@@H](C)C(=O)N[C@@H](C)C(=O)N1CCC[C@H]1C(=O)N[C@H](C(=O)C(F)(F)F)C(C)C. The molecule has 0 aromatic carbocycles. The Balaban J connectivity index is 2.75. The van der Waals surface area contributed by atoms with Crippen LogP contribution in [0.2, 0.25) is 0 Å². The molecule has 0 aromatic heterocycles.